The smallest absolute Gasteiger partial charge is 0.494 e. The van der Waals surface area contributed by atoms with E-state index < -0.39 is 18.3 Å². The van der Waals surface area contributed by atoms with Crippen LogP contribution in [0.5, 0.6) is 5.75 Å². The molecule has 4 fully saturated rings. The lowest BCUT2D eigenvalue weighted by Gasteiger charge is -2.42. The van der Waals surface area contributed by atoms with Crippen molar-refractivity contribution in [2.24, 2.45) is 0 Å². The first kappa shape index (κ1) is 18.8. The average molecular weight is 373 g/mol. The minimum Gasteiger partial charge on any atom is -0.496 e. The number of hydrogen-bond acceptors (Lipinski definition) is 5. The third kappa shape index (κ3) is 2.96. The highest BCUT2D eigenvalue weighted by molar-refractivity contribution is 6.62. The maximum atomic E-state index is 12.8. The third-order valence-electron chi connectivity index (χ3n) is 6.50. The molecule has 6 nitrogen and oxygen atoms in total. The SMILES string of the molecule is COc1cc(B2OC(C)(C)C(C)(C)O2)ccc1C(=O)NC12COC(C)(C1)C2. The van der Waals surface area contributed by atoms with Crippen LogP contribution in [-0.4, -0.2) is 49.1 Å². The highest BCUT2D eigenvalue weighted by atomic mass is 16.7. The van der Waals surface area contributed by atoms with Crippen molar-refractivity contribution >= 4 is 18.5 Å². The van der Waals surface area contributed by atoms with Crippen molar-refractivity contribution in [2.75, 3.05) is 13.7 Å². The monoisotopic (exact) mass is 373 g/mol. The molecule has 27 heavy (non-hydrogen) atoms. The molecule has 1 aromatic carbocycles. The van der Waals surface area contributed by atoms with Crippen molar-refractivity contribution < 1.29 is 23.6 Å². The predicted molar refractivity (Wildman–Crippen MR) is 102 cm³/mol. The highest BCUT2D eigenvalue weighted by Gasteiger charge is 2.60. The van der Waals surface area contributed by atoms with E-state index in [2.05, 4.69) is 12.2 Å². The number of fused-ring (bicyclic) bond motifs is 1. The molecule has 0 spiro atoms. The molecule has 1 N–H and O–H groups in total. The van der Waals surface area contributed by atoms with E-state index in [1.807, 2.05) is 39.8 Å². The Morgan fingerprint density at radius 2 is 1.74 bits per heavy atom. The van der Waals surface area contributed by atoms with Gasteiger partial charge in [-0.3, -0.25) is 4.79 Å². The zero-order valence-electron chi connectivity index (χ0n) is 17.0. The van der Waals surface area contributed by atoms with Gasteiger partial charge in [0.1, 0.15) is 5.75 Å². The van der Waals surface area contributed by atoms with E-state index >= 15 is 0 Å². The van der Waals surface area contributed by atoms with Crippen LogP contribution in [0.1, 0.15) is 57.8 Å². The fraction of sp³-hybridized carbons (Fsp3) is 0.650. The van der Waals surface area contributed by atoms with Crippen LogP contribution in [0.3, 0.4) is 0 Å². The Hall–Kier alpha value is -1.57. The maximum Gasteiger partial charge on any atom is 0.494 e. The molecule has 0 aromatic heterocycles. The first-order valence-electron chi connectivity index (χ1n) is 9.48. The van der Waals surface area contributed by atoms with Gasteiger partial charge >= 0.3 is 7.12 Å². The summed E-state index contributed by atoms with van der Waals surface area (Å²) >= 11 is 0. The lowest BCUT2D eigenvalue weighted by atomic mass is 9.69. The molecule has 5 rings (SSSR count). The number of carbonyl (C=O) groups excluding carboxylic acids is 1. The van der Waals surface area contributed by atoms with E-state index in [-0.39, 0.29) is 17.0 Å². The second kappa shape index (κ2) is 5.72. The maximum absolute atomic E-state index is 12.8. The highest BCUT2D eigenvalue weighted by Crippen LogP contribution is 2.51. The molecule has 146 valence electrons. The fourth-order valence-corrected chi connectivity index (χ4v) is 4.35. The van der Waals surface area contributed by atoms with Crippen LogP contribution in [0.2, 0.25) is 0 Å². The number of nitrogens with one attached hydrogen (secondary N) is 1. The van der Waals surface area contributed by atoms with Crippen LogP contribution in [0.15, 0.2) is 18.2 Å². The summed E-state index contributed by atoms with van der Waals surface area (Å²) in [5.41, 5.74) is 0.200. The van der Waals surface area contributed by atoms with E-state index in [0.29, 0.717) is 17.9 Å². The summed E-state index contributed by atoms with van der Waals surface area (Å²) in [6.07, 6.45) is 1.72. The summed E-state index contributed by atoms with van der Waals surface area (Å²) in [6.45, 7) is 10.7. The van der Waals surface area contributed by atoms with Crippen LogP contribution in [0.25, 0.3) is 0 Å². The molecule has 1 saturated carbocycles. The quantitative estimate of drug-likeness (QED) is 0.819. The molecule has 3 heterocycles. The number of carbonyl (C=O) groups is 1. The summed E-state index contributed by atoms with van der Waals surface area (Å²) in [7, 11) is 1.08. The number of ether oxygens (including phenoxy) is 2. The minimum atomic E-state index is -0.491. The van der Waals surface area contributed by atoms with Gasteiger partial charge in [0, 0.05) is 12.8 Å². The fourth-order valence-electron chi connectivity index (χ4n) is 4.35. The Kier molecular flexibility index (Phi) is 3.98. The standard InChI is InChI=1S/C20H28BNO5/c1-17(2)18(3,4)27-21(26-17)13-7-8-14(15(9-13)24-6)16(23)22-20-10-19(5,11-20)25-12-20/h7-9H,10-12H2,1-6H3,(H,22,23). The Balaban J connectivity index is 1.53. The lowest BCUT2D eigenvalue weighted by molar-refractivity contribution is 0.00578. The molecule has 2 bridgehead atoms. The average Bonchev–Trinajstić information content (AvgIpc) is 3.12. The van der Waals surface area contributed by atoms with Gasteiger partial charge in [-0.15, -0.1) is 0 Å². The van der Waals surface area contributed by atoms with E-state index in [1.165, 1.54) is 0 Å². The van der Waals surface area contributed by atoms with Crippen molar-refractivity contribution in [3.05, 3.63) is 23.8 Å². The van der Waals surface area contributed by atoms with Gasteiger partial charge in [0.05, 0.1) is 41.6 Å². The molecule has 1 aromatic rings. The van der Waals surface area contributed by atoms with Crippen LogP contribution < -0.4 is 15.5 Å². The largest absolute Gasteiger partial charge is 0.496 e. The topological polar surface area (TPSA) is 66.0 Å². The number of rotatable bonds is 4. The van der Waals surface area contributed by atoms with Crippen molar-refractivity contribution in [3.63, 3.8) is 0 Å². The molecule has 4 aliphatic rings. The van der Waals surface area contributed by atoms with Gasteiger partial charge in [-0.1, -0.05) is 6.07 Å². The van der Waals surface area contributed by atoms with Gasteiger partial charge in [-0.05, 0) is 52.2 Å². The van der Waals surface area contributed by atoms with Crippen molar-refractivity contribution in [3.8, 4) is 5.75 Å². The molecular weight excluding hydrogens is 345 g/mol. The summed E-state index contributed by atoms with van der Waals surface area (Å²) in [4.78, 5) is 12.8. The Morgan fingerprint density at radius 3 is 2.26 bits per heavy atom. The van der Waals surface area contributed by atoms with Crippen LogP contribution >= 0.6 is 0 Å². The van der Waals surface area contributed by atoms with E-state index in [4.69, 9.17) is 18.8 Å². The van der Waals surface area contributed by atoms with Gasteiger partial charge in [-0.2, -0.15) is 0 Å². The molecule has 0 radical (unpaired) electrons. The molecule has 0 atom stereocenters. The Labute approximate surface area is 161 Å². The van der Waals surface area contributed by atoms with Gasteiger partial charge in [0.25, 0.3) is 5.91 Å². The molecule has 7 heteroatoms. The molecule has 3 saturated heterocycles. The molecular formula is C20H28BNO5. The van der Waals surface area contributed by atoms with Crippen LogP contribution in [0.4, 0.5) is 0 Å². The van der Waals surface area contributed by atoms with E-state index in [9.17, 15) is 4.79 Å². The summed E-state index contributed by atoms with van der Waals surface area (Å²) < 4.78 is 23.4. The molecule has 1 aliphatic carbocycles. The van der Waals surface area contributed by atoms with Crippen molar-refractivity contribution in [2.45, 2.75) is 69.8 Å². The summed E-state index contributed by atoms with van der Waals surface area (Å²) in [6, 6.07) is 5.47. The Morgan fingerprint density at radius 1 is 1.11 bits per heavy atom. The third-order valence-corrected chi connectivity index (χ3v) is 6.50. The second-order valence-corrected chi connectivity index (χ2v) is 9.37. The zero-order chi connectivity index (χ0) is 19.7. The Bertz CT molecular complexity index is 769. The molecule has 3 aliphatic heterocycles. The minimum absolute atomic E-state index is 0.0714. The zero-order valence-corrected chi connectivity index (χ0v) is 17.0. The number of benzene rings is 1. The summed E-state index contributed by atoms with van der Waals surface area (Å²) in [5.74, 6) is 0.372. The van der Waals surface area contributed by atoms with Gasteiger partial charge in [-0.25, -0.2) is 0 Å². The number of amides is 1. The lowest BCUT2D eigenvalue weighted by Crippen LogP contribution is -2.58. The van der Waals surface area contributed by atoms with E-state index in [1.54, 1.807) is 13.2 Å². The van der Waals surface area contributed by atoms with E-state index in [0.717, 1.165) is 18.3 Å². The second-order valence-electron chi connectivity index (χ2n) is 9.37. The van der Waals surface area contributed by atoms with Crippen LogP contribution in [-0.2, 0) is 14.0 Å². The van der Waals surface area contributed by atoms with Gasteiger partial charge in [0.2, 0.25) is 0 Å². The van der Waals surface area contributed by atoms with Crippen molar-refractivity contribution in [1.82, 2.24) is 5.32 Å². The van der Waals surface area contributed by atoms with Gasteiger partial charge in [0.15, 0.2) is 0 Å². The first-order chi connectivity index (χ1) is 12.5. The summed E-state index contributed by atoms with van der Waals surface area (Å²) in [5, 5.41) is 3.15. The number of hydrogen-bond donors (Lipinski definition) is 1. The first-order valence-corrected chi connectivity index (χ1v) is 9.48. The molecule has 1 amide bonds. The normalized spacial score (nSPS) is 32.9. The predicted octanol–water partition coefficient (Wildman–Crippen LogP) is 2.05. The number of methoxy groups -OCH3 is 1. The van der Waals surface area contributed by atoms with Crippen molar-refractivity contribution in [1.29, 1.82) is 0 Å². The van der Waals surface area contributed by atoms with Crippen LogP contribution in [0, 0.1) is 0 Å². The molecule has 0 unspecified atom stereocenters. The van der Waals surface area contributed by atoms with Gasteiger partial charge < -0.3 is 24.1 Å².